The maximum absolute atomic E-state index is 11.9. The summed E-state index contributed by atoms with van der Waals surface area (Å²) in [6.07, 6.45) is 3.64. The van der Waals surface area contributed by atoms with Gasteiger partial charge in [0.1, 0.15) is 0 Å². The molecular weight excluding hydrogens is 338 g/mol. The van der Waals surface area contributed by atoms with Crippen molar-refractivity contribution in [1.29, 1.82) is 0 Å². The van der Waals surface area contributed by atoms with E-state index < -0.39 is 0 Å². The Morgan fingerprint density at radius 1 is 1.36 bits per heavy atom. The number of benzene rings is 1. The maximum Gasteiger partial charge on any atom is 0.220 e. The summed E-state index contributed by atoms with van der Waals surface area (Å²) in [5.74, 6) is 0.713. The van der Waals surface area contributed by atoms with Crippen LogP contribution in [0.2, 0.25) is 0 Å². The number of rotatable bonds is 9. The topological polar surface area (TPSA) is 81.9 Å². The van der Waals surface area contributed by atoms with E-state index >= 15 is 0 Å². The molecule has 0 bridgehead atoms. The lowest BCUT2D eigenvalue weighted by atomic mass is 10.1. The molecule has 2 heterocycles. The molecule has 1 aromatic heterocycles. The highest BCUT2D eigenvalue weighted by molar-refractivity contribution is 7.99. The fourth-order valence-corrected chi connectivity index (χ4v) is 3.53. The summed E-state index contributed by atoms with van der Waals surface area (Å²) in [7, 11) is 0. The molecule has 0 saturated carbocycles. The minimum Gasteiger partial charge on any atom is -0.376 e. The van der Waals surface area contributed by atoms with Crippen molar-refractivity contribution in [3.05, 3.63) is 35.9 Å². The van der Waals surface area contributed by atoms with Crippen molar-refractivity contribution in [1.82, 2.24) is 25.5 Å². The van der Waals surface area contributed by atoms with E-state index in [0.29, 0.717) is 25.3 Å². The van der Waals surface area contributed by atoms with E-state index in [2.05, 4.69) is 33.0 Å². The molecule has 1 aliphatic rings. The Morgan fingerprint density at radius 3 is 3.04 bits per heavy atom. The molecule has 7 nitrogen and oxygen atoms in total. The van der Waals surface area contributed by atoms with Crippen molar-refractivity contribution < 1.29 is 9.53 Å². The minimum absolute atomic E-state index is 0.0570. The van der Waals surface area contributed by atoms with E-state index in [9.17, 15) is 4.79 Å². The summed E-state index contributed by atoms with van der Waals surface area (Å²) < 4.78 is 7.39. The zero-order valence-corrected chi connectivity index (χ0v) is 15.0. The molecule has 134 valence electrons. The zero-order valence-electron chi connectivity index (χ0n) is 14.1. The molecule has 1 atom stereocenters. The number of tetrazole rings is 1. The van der Waals surface area contributed by atoms with Gasteiger partial charge in [-0.3, -0.25) is 4.79 Å². The number of hydrogen-bond acceptors (Lipinski definition) is 6. The highest BCUT2D eigenvalue weighted by Crippen LogP contribution is 2.18. The second kappa shape index (κ2) is 9.53. The van der Waals surface area contributed by atoms with Gasteiger partial charge in [-0.15, -0.1) is 5.10 Å². The molecule has 1 fully saturated rings. The Balaban J connectivity index is 1.33. The number of nitrogens with zero attached hydrogens (tertiary/aromatic N) is 4. The molecular formula is C17H23N5O2S. The van der Waals surface area contributed by atoms with Crippen molar-refractivity contribution >= 4 is 17.7 Å². The van der Waals surface area contributed by atoms with Crippen LogP contribution in [0.5, 0.6) is 0 Å². The van der Waals surface area contributed by atoms with Crippen LogP contribution in [0.25, 0.3) is 0 Å². The molecule has 0 aliphatic carbocycles. The standard InChI is InChI=1S/C17H23N5O2S/c23-16(18-10-8-14-5-2-1-3-6-14)9-12-25-17-19-20-21-22(17)13-15-7-4-11-24-15/h1-3,5-6,15H,4,7-13H2,(H,18,23). The highest BCUT2D eigenvalue weighted by Gasteiger charge is 2.18. The van der Waals surface area contributed by atoms with Gasteiger partial charge in [-0.05, 0) is 35.3 Å². The number of aromatic nitrogens is 4. The number of thioether (sulfide) groups is 1. The lowest BCUT2D eigenvalue weighted by Crippen LogP contribution is -2.26. The lowest BCUT2D eigenvalue weighted by molar-refractivity contribution is -0.120. The van der Waals surface area contributed by atoms with Gasteiger partial charge in [0.05, 0.1) is 12.6 Å². The molecule has 2 aromatic rings. The largest absolute Gasteiger partial charge is 0.376 e. The summed E-state index contributed by atoms with van der Waals surface area (Å²) >= 11 is 1.51. The van der Waals surface area contributed by atoms with Crippen molar-refractivity contribution in [3.63, 3.8) is 0 Å². The zero-order chi connectivity index (χ0) is 17.3. The molecule has 0 spiro atoms. The third-order valence-electron chi connectivity index (χ3n) is 4.04. The predicted octanol–water partition coefficient (Wildman–Crippen LogP) is 1.69. The van der Waals surface area contributed by atoms with Crippen LogP contribution in [0.3, 0.4) is 0 Å². The first-order valence-electron chi connectivity index (χ1n) is 8.62. The molecule has 3 rings (SSSR count). The third-order valence-corrected chi connectivity index (χ3v) is 5.00. The van der Waals surface area contributed by atoms with Gasteiger partial charge in [-0.1, -0.05) is 42.1 Å². The molecule has 8 heteroatoms. The van der Waals surface area contributed by atoms with Gasteiger partial charge in [0.2, 0.25) is 11.1 Å². The Labute approximate surface area is 151 Å². The average Bonchev–Trinajstić information content (AvgIpc) is 3.29. The average molecular weight is 361 g/mol. The SMILES string of the molecule is O=C(CCSc1nnnn1CC1CCCO1)NCCc1ccccc1. The van der Waals surface area contributed by atoms with Gasteiger partial charge in [0, 0.05) is 25.3 Å². The van der Waals surface area contributed by atoms with Crippen molar-refractivity contribution in [2.75, 3.05) is 18.9 Å². The molecule has 1 saturated heterocycles. The lowest BCUT2D eigenvalue weighted by Gasteiger charge is -2.10. The first kappa shape index (κ1) is 17.9. The molecule has 1 amide bonds. The number of hydrogen-bond donors (Lipinski definition) is 1. The van der Waals surface area contributed by atoms with E-state index in [1.165, 1.54) is 17.3 Å². The van der Waals surface area contributed by atoms with E-state index in [1.54, 1.807) is 4.68 Å². The first-order chi connectivity index (χ1) is 12.3. The molecule has 0 radical (unpaired) electrons. The predicted molar refractivity (Wildman–Crippen MR) is 95.3 cm³/mol. The normalized spacial score (nSPS) is 16.9. The van der Waals surface area contributed by atoms with Gasteiger partial charge in [-0.25, -0.2) is 4.68 Å². The Hall–Kier alpha value is -1.93. The van der Waals surface area contributed by atoms with Crippen molar-refractivity contribution in [2.24, 2.45) is 0 Å². The first-order valence-corrected chi connectivity index (χ1v) is 9.61. The number of amides is 1. The molecule has 25 heavy (non-hydrogen) atoms. The van der Waals surface area contributed by atoms with Crippen molar-refractivity contribution in [2.45, 2.75) is 43.5 Å². The second-order valence-electron chi connectivity index (χ2n) is 5.96. The van der Waals surface area contributed by atoms with Crippen LogP contribution in [0.15, 0.2) is 35.5 Å². The van der Waals surface area contributed by atoms with Gasteiger partial charge in [-0.2, -0.15) is 0 Å². The van der Waals surface area contributed by atoms with Crippen LogP contribution in [0.1, 0.15) is 24.8 Å². The fraction of sp³-hybridized carbons (Fsp3) is 0.529. The van der Waals surface area contributed by atoms with E-state index in [4.69, 9.17) is 4.74 Å². The smallest absolute Gasteiger partial charge is 0.220 e. The van der Waals surface area contributed by atoms with Crippen LogP contribution >= 0.6 is 11.8 Å². The summed E-state index contributed by atoms with van der Waals surface area (Å²) in [5.41, 5.74) is 1.23. The van der Waals surface area contributed by atoms with Gasteiger partial charge < -0.3 is 10.1 Å². The minimum atomic E-state index is 0.0570. The summed E-state index contributed by atoms with van der Waals surface area (Å²) in [6.45, 7) is 2.15. The van der Waals surface area contributed by atoms with E-state index in [1.807, 2.05) is 18.2 Å². The number of carbonyl (C=O) groups excluding carboxylic acids is 1. The van der Waals surface area contributed by atoms with Crippen LogP contribution in [0.4, 0.5) is 0 Å². The quantitative estimate of drug-likeness (QED) is 0.685. The Kier molecular flexibility index (Phi) is 6.81. The molecule has 1 aromatic carbocycles. The summed E-state index contributed by atoms with van der Waals surface area (Å²) in [6, 6.07) is 10.1. The van der Waals surface area contributed by atoms with Crippen LogP contribution in [-0.2, 0) is 22.5 Å². The Bertz CT molecular complexity index is 658. The molecule has 1 N–H and O–H groups in total. The number of ether oxygens (including phenoxy) is 1. The molecule has 1 aliphatic heterocycles. The van der Waals surface area contributed by atoms with Crippen LogP contribution in [-0.4, -0.2) is 51.1 Å². The second-order valence-corrected chi connectivity index (χ2v) is 7.02. The van der Waals surface area contributed by atoms with Crippen LogP contribution < -0.4 is 5.32 Å². The summed E-state index contributed by atoms with van der Waals surface area (Å²) in [4.78, 5) is 11.9. The monoisotopic (exact) mass is 361 g/mol. The van der Waals surface area contributed by atoms with Gasteiger partial charge in [0.15, 0.2) is 0 Å². The maximum atomic E-state index is 11.9. The van der Waals surface area contributed by atoms with Gasteiger partial charge in [0.25, 0.3) is 0 Å². The van der Waals surface area contributed by atoms with Crippen LogP contribution in [0, 0.1) is 0 Å². The van der Waals surface area contributed by atoms with Gasteiger partial charge >= 0.3 is 0 Å². The fourth-order valence-electron chi connectivity index (χ4n) is 2.71. The van der Waals surface area contributed by atoms with E-state index in [0.717, 1.165) is 31.0 Å². The Morgan fingerprint density at radius 2 is 2.24 bits per heavy atom. The van der Waals surface area contributed by atoms with Crippen molar-refractivity contribution in [3.8, 4) is 0 Å². The number of carbonyl (C=O) groups is 1. The number of nitrogens with one attached hydrogen (secondary N) is 1. The van der Waals surface area contributed by atoms with E-state index in [-0.39, 0.29) is 12.0 Å². The summed E-state index contributed by atoms with van der Waals surface area (Å²) in [5, 5.41) is 15.5. The molecule has 1 unspecified atom stereocenters. The highest BCUT2D eigenvalue weighted by atomic mass is 32.2. The third kappa shape index (κ3) is 5.82.